The topological polar surface area (TPSA) is 33.5 Å². The quantitative estimate of drug-likeness (QED) is 0.391. The van der Waals surface area contributed by atoms with Crippen LogP contribution in [0.5, 0.6) is 0 Å². The number of anilines is 1. The standard InChI is InChI=1S/C31H27FN4/c32-27-17-9-7-15-25(27)30-33-28-18-10-8-16-26(28)31(34-30)36-21-19-35(20-22-36)29(23-11-3-1-4-12-23)24-13-5-2-6-14-24/h1-18,29H,19-22H2/p+1. The fraction of sp³-hybridized carbons (Fsp3) is 0.161. The predicted molar refractivity (Wildman–Crippen MR) is 143 cm³/mol. The number of hydrogen-bond acceptors (Lipinski definition) is 3. The van der Waals surface area contributed by atoms with Gasteiger partial charge in [0.1, 0.15) is 17.7 Å². The number of benzene rings is 4. The molecule has 1 aliphatic heterocycles. The molecule has 178 valence electrons. The van der Waals surface area contributed by atoms with E-state index in [4.69, 9.17) is 9.97 Å². The lowest BCUT2D eigenvalue weighted by Crippen LogP contribution is -3.15. The molecular formula is C31H28FN4+. The molecule has 0 atom stereocenters. The van der Waals surface area contributed by atoms with Crippen molar-refractivity contribution >= 4 is 16.7 Å². The fourth-order valence-electron chi connectivity index (χ4n) is 5.31. The molecule has 1 aliphatic rings. The lowest BCUT2D eigenvalue weighted by atomic mass is 9.96. The largest absolute Gasteiger partial charge is 0.345 e. The maximum Gasteiger partial charge on any atom is 0.165 e. The maximum atomic E-state index is 14.6. The first kappa shape index (κ1) is 22.4. The van der Waals surface area contributed by atoms with Crippen LogP contribution in [0.25, 0.3) is 22.3 Å². The summed E-state index contributed by atoms with van der Waals surface area (Å²) in [6.45, 7) is 3.68. The second-order valence-corrected chi connectivity index (χ2v) is 9.27. The molecule has 1 fully saturated rings. The Bertz CT molecular complexity index is 1420. The summed E-state index contributed by atoms with van der Waals surface area (Å²) in [6.07, 6.45) is 0. The Kier molecular flexibility index (Phi) is 6.14. The van der Waals surface area contributed by atoms with Crippen LogP contribution in [0.15, 0.2) is 109 Å². The van der Waals surface area contributed by atoms with Crippen molar-refractivity contribution < 1.29 is 9.29 Å². The number of nitrogens with one attached hydrogen (secondary N) is 1. The highest BCUT2D eigenvalue weighted by Gasteiger charge is 2.31. The van der Waals surface area contributed by atoms with Gasteiger partial charge in [-0.2, -0.15) is 0 Å². The third kappa shape index (κ3) is 4.34. The molecule has 6 rings (SSSR count). The molecule has 0 radical (unpaired) electrons. The van der Waals surface area contributed by atoms with E-state index < -0.39 is 0 Å². The van der Waals surface area contributed by atoms with E-state index in [1.54, 1.807) is 12.1 Å². The van der Waals surface area contributed by atoms with Crippen LogP contribution in [-0.2, 0) is 0 Å². The molecule has 0 unspecified atom stereocenters. The average Bonchev–Trinajstić information content (AvgIpc) is 2.94. The van der Waals surface area contributed by atoms with Crippen molar-refractivity contribution in [3.8, 4) is 11.4 Å². The molecule has 1 aromatic heterocycles. The third-order valence-electron chi connectivity index (χ3n) is 7.08. The van der Waals surface area contributed by atoms with E-state index >= 15 is 0 Å². The third-order valence-corrected chi connectivity index (χ3v) is 7.08. The Labute approximate surface area is 210 Å². The molecule has 0 aliphatic carbocycles. The van der Waals surface area contributed by atoms with Crippen LogP contribution in [0.1, 0.15) is 17.2 Å². The van der Waals surface area contributed by atoms with Gasteiger partial charge in [0.15, 0.2) is 5.82 Å². The summed E-state index contributed by atoms with van der Waals surface area (Å²) in [4.78, 5) is 13.5. The molecule has 0 bridgehead atoms. The number of nitrogens with zero attached hydrogens (tertiary/aromatic N) is 3. The second kappa shape index (κ2) is 9.88. The first-order valence-corrected chi connectivity index (χ1v) is 12.5. The van der Waals surface area contributed by atoms with Gasteiger partial charge in [0, 0.05) is 16.5 Å². The molecule has 1 saturated heterocycles. The van der Waals surface area contributed by atoms with E-state index in [1.807, 2.05) is 24.3 Å². The van der Waals surface area contributed by atoms with Gasteiger partial charge < -0.3 is 9.80 Å². The number of fused-ring (bicyclic) bond motifs is 1. The van der Waals surface area contributed by atoms with Crippen molar-refractivity contribution in [3.63, 3.8) is 0 Å². The fourth-order valence-corrected chi connectivity index (χ4v) is 5.31. The summed E-state index contributed by atoms with van der Waals surface area (Å²) in [5, 5.41) is 1.00. The van der Waals surface area contributed by atoms with Gasteiger partial charge in [-0.3, -0.25) is 0 Å². The Balaban J connectivity index is 1.32. The first-order valence-electron chi connectivity index (χ1n) is 12.5. The minimum atomic E-state index is -0.304. The van der Waals surface area contributed by atoms with Crippen molar-refractivity contribution in [2.45, 2.75) is 6.04 Å². The van der Waals surface area contributed by atoms with Crippen LogP contribution in [0.4, 0.5) is 10.2 Å². The zero-order chi connectivity index (χ0) is 24.3. The Morgan fingerprint density at radius 1 is 0.667 bits per heavy atom. The van der Waals surface area contributed by atoms with Gasteiger partial charge in [-0.1, -0.05) is 84.9 Å². The van der Waals surface area contributed by atoms with E-state index in [0.717, 1.165) is 42.9 Å². The van der Waals surface area contributed by atoms with Gasteiger partial charge in [-0.25, -0.2) is 14.4 Å². The van der Waals surface area contributed by atoms with Gasteiger partial charge in [0.05, 0.1) is 37.3 Å². The highest BCUT2D eigenvalue weighted by Crippen LogP contribution is 2.29. The summed E-state index contributed by atoms with van der Waals surface area (Å²) in [6, 6.07) is 36.6. The van der Waals surface area contributed by atoms with Gasteiger partial charge in [0.25, 0.3) is 0 Å². The van der Waals surface area contributed by atoms with Crippen LogP contribution in [-0.4, -0.2) is 36.1 Å². The molecule has 1 N–H and O–H groups in total. The molecular weight excluding hydrogens is 447 g/mol. The predicted octanol–water partition coefficient (Wildman–Crippen LogP) is 4.93. The molecule has 4 nitrogen and oxygen atoms in total. The maximum absolute atomic E-state index is 14.6. The Morgan fingerprint density at radius 3 is 1.92 bits per heavy atom. The lowest BCUT2D eigenvalue weighted by molar-refractivity contribution is -0.926. The van der Waals surface area contributed by atoms with Gasteiger partial charge >= 0.3 is 0 Å². The van der Waals surface area contributed by atoms with Gasteiger partial charge in [0.2, 0.25) is 0 Å². The lowest BCUT2D eigenvalue weighted by Gasteiger charge is -2.37. The van der Waals surface area contributed by atoms with E-state index in [-0.39, 0.29) is 11.9 Å². The molecule has 0 saturated carbocycles. The summed E-state index contributed by atoms with van der Waals surface area (Å²) < 4.78 is 14.6. The number of aromatic nitrogens is 2. The summed E-state index contributed by atoms with van der Waals surface area (Å²) in [5.41, 5.74) is 3.94. The van der Waals surface area contributed by atoms with Crippen molar-refractivity contribution in [1.82, 2.24) is 9.97 Å². The normalized spacial score (nSPS) is 14.4. The second-order valence-electron chi connectivity index (χ2n) is 9.27. The average molecular weight is 476 g/mol. The van der Waals surface area contributed by atoms with Gasteiger partial charge in [-0.05, 0) is 24.3 Å². The number of para-hydroxylation sites is 1. The SMILES string of the molecule is Fc1ccccc1-c1nc(N2CC[NH+](C(c3ccccc3)c3ccccc3)CC2)c2ccccc2n1. The summed E-state index contributed by atoms with van der Waals surface area (Å²) in [7, 11) is 0. The molecule has 5 aromatic rings. The molecule has 0 amide bonds. The van der Waals surface area contributed by atoms with E-state index in [2.05, 4.69) is 71.6 Å². The molecule has 0 spiro atoms. The van der Waals surface area contributed by atoms with Crippen LogP contribution in [0.2, 0.25) is 0 Å². The van der Waals surface area contributed by atoms with E-state index in [1.165, 1.54) is 22.1 Å². The van der Waals surface area contributed by atoms with E-state index in [9.17, 15) is 4.39 Å². The van der Waals surface area contributed by atoms with Crippen LogP contribution >= 0.6 is 0 Å². The molecule has 4 aromatic carbocycles. The molecule has 5 heteroatoms. The number of hydrogen-bond donors (Lipinski definition) is 1. The van der Waals surface area contributed by atoms with Crippen LogP contribution in [0.3, 0.4) is 0 Å². The van der Waals surface area contributed by atoms with Crippen molar-refractivity contribution in [3.05, 3.63) is 126 Å². The van der Waals surface area contributed by atoms with Crippen LogP contribution < -0.4 is 9.80 Å². The molecule has 2 heterocycles. The number of halogens is 1. The first-order chi connectivity index (χ1) is 17.8. The zero-order valence-electron chi connectivity index (χ0n) is 20.0. The Hall–Kier alpha value is -4.09. The van der Waals surface area contributed by atoms with Crippen LogP contribution in [0, 0.1) is 5.82 Å². The van der Waals surface area contributed by atoms with Crippen molar-refractivity contribution in [2.75, 3.05) is 31.1 Å². The molecule has 36 heavy (non-hydrogen) atoms. The monoisotopic (exact) mass is 475 g/mol. The smallest absolute Gasteiger partial charge is 0.165 e. The van der Waals surface area contributed by atoms with Crippen molar-refractivity contribution in [2.24, 2.45) is 0 Å². The summed E-state index contributed by atoms with van der Waals surface area (Å²) in [5.74, 6) is 1.01. The number of piperazine rings is 1. The highest BCUT2D eigenvalue weighted by molar-refractivity contribution is 5.91. The minimum absolute atomic E-state index is 0.283. The number of rotatable bonds is 5. The number of quaternary nitrogens is 1. The summed E-state index contributed by atoms with van der Waals surface area (Å²) >= 11 is 0. The van der Waals surface area contributed by atoms with Crippen molar-refractivity contribution in [1.29, 1.82) is 0 Å². The highest BCUT2D eigenvalue weighted by atomic mass is 19.1. The Morgan fingerprint density at radius 2 is 1.25 bits per heavy atom. The van der Waals surface area contributed by atoms with Gasteiger partial charge in [-0.15, -0.1) is 0 Å². The minimum Gasteiger partial charge on any atom is -0.345 e. The zero-order valence-corrected chi connectivity index (χ0v) is 20.0. The van der Waals surface area contributed by atoms with E-state index in [0.29, 0.717) is 11.4 Å².